The maximum atomic E-state index is 6.28. The van der Waals surface area contributed by atoms with Gasteiger partial charge in [-0.2, -0.15) is 0 Å². The van der Waals surface area contributed by atoms with Gasteiger partial charge in [-0.15, -0.1) is 0 Å². The number of benzene rings is 3. The number of fused-ring (bicyclic) bond motifs is 1. The van der Waals surface area contributed by atoms with E-state index in [0.717, 1.165) is 44.2 Å². The van der Waals surface area contributed by atoms with Crippen molar-refractivity contribution in [3.05, 3.63) is 90.5 Å². The molecule has 166 valence electrons. The molecular formula is C28H32N2O2. The highest BCUT2D eigenvalue weighted by molar-refractivity contribution is 5.60. The van der Waals surface area contributed by atoms with Crippen LogP contribution in [0.15, 0.2) is 84.9 Å². The minimum absolute atomic E-state index is 0.279. The standard InChI is InChI=1S/C28H32N2O2/c1-3-11-23(12-4-1)26-17-20-31-28-16-8-7-15-27(28)30(26)21-24(29-18-9-10-19-29)22-32-25-13-5-2-6-14-25/h1-8,11-16,24,26H,9-10,17-22H2. The van der Waals surface area contributed by atoms with Crippen LogP contribution in [0.1, 0.15) is 30.9 Å². The zero-order chi connectivity index (χ0) is 21.6. The predicted octanol–water partition coefficient (Wildman–Crippen LogP) is 5.56. The van der Waals surface area contributed by atoms with Crippen molar-refractivity contribution in [2.24, 2.45) is 0 Å². The van der Waals surface area contributed by atoms with Gasteiger partial charge < -0.3 is 14.4 Å². The number of nitrogens with zero attached hydrogens (tertiary/aromatic N) is 2. The van der Waals surface area contributed by atoms with Crippen LogP contribution in [0.3, 0.4) is 0 Å². The Morgan fingerprint density at radius 3 is 2.31 bits per heavy atom. The molecule has 0 spiro atoms. The fourth-order valence-corrected chi connectivity index (χ4v) is 4.98. The number of anilines is 1. The first-order chi connectivity index (χ1) is 15.9. The van der Waals surface area contributed by atoms with Crippen molar-refractivity contribution in [3.8, 4) is 11.5 Å². The fraction of sp³-hybridized carbons (Fsp3) is 0.357. The summed E-state index contributed by atoms with van der Waals surface area (Å²) >= 11 is 0. The topological polar surface area (TPSA) is 24.9 Å². The van der Waals surface area contributed by atoms with E-state index in [4.69, 9.17) is 9.47 Å². The van der Waals surface area contributed by atoms with Crippen LogP contribution in [-0.4, -0.2) is 43.8 Å². The minimum atomic E-state index is 0.279. The van der Waals surface area contributed by atoms with Gasteiger partial charge >= 0.3 is 0 Å². The Bertz CT molecular complexity index is 973. The van der Waals surface area contributed by atoms with Gasteiger partial charge in [-0.25, -0.2) is 0 Å². The third-order valence-corrected chi connectivity index (χ3v) is 6.63. The van der Waals surface area contributed by atoms with Crippen molar-refractivity contribution >= 4 is 5.69 Å². The maximum Gasteiger partial charge on any atom is 0.142 e. The van der Waals surface area contributed by atoms with Crippen LogP contribution >= 0.6 is 0 Å². The lowest BCUT2D eigenvalue weighted by atomic mass is 10.0. The van der Waals surface area contributed by atoms with Gasteiger partial charge in [0, 0.05) is 13.0 Å². The summed E-state index contributed by atoms with van der Waals surface area (Å²) in [4.78, 5) is 5.17. The molecule has 2 aliphatic rings. The molecule has 3 aromatic rings. The van der Waals surface area contributed by atoms with E-state index in [1.54, 1.807) is 0 Å². The summed E-state index contributed by atoms with van der Waals surface area (Å²) in [5.41, 5.74) is 2.53. The molecule has 2 aliphatic heterocycles. The quantitative estimate of drug-likeness (QED) is 0.492. The number of para-hydroxylation sites is 3. The highest BCUT2D eigenvalue weighted by atomic mass is 16.5. The number of likely N-dealkylation sites (tertiary alicyclic amines) is 1. The highest BCUT2D eigenvalue weighted by Gasteiger charge is 2.31. The van der Waals surface area contributed by atoms with E-state index in [0.29, 0.717) is 12.6 Å². The van der Waals surface area contributed by atoms with E-state index >= 15 is 0 Å². The second-order valence-electron chi connectivity index (χ2n) is 8.70. The zero-order valence-corrected chi connectivity index (χ0v) is 18.6. The summed E-state index contributed by atoms with van der Waals surface area (Å²) in [7, 11) is 0. The Morgan fingerprint density at radius 1 is 0.844 bits per heavy atom. The van der Waals surface area contributed by atoms with Gasteiger partial charge in [-0.1, -0.05) is 60.7 Å². The summed E-state index contributed by atoms with van der Waals surface area (Å²) in [6.07, 6.45) is 3.50. The largest absolute Gasteiger partial charge is 0.492 e. The Kier molecular flexibility index (Phi) is 6.59. The third-order valence-electron chi connectivity index (χ3n) is 6.63. The van der Waals surface area contributed by atoms with Gasteiger partial charge in [-0.3, -0.25) is 4.90 Å². The summed E-state index contributed by atoms with van der Waals surface area (Å²) < 4.78 is 12.5. The lowest BCUT2D eigenvalue weighted by Gasteiger charge is -2.38. The van der Waals surface area contributed by atoms with Gasteiger partial charge in [-0.05, 0) is 55.8 Å². The molecule has 1 fully saturated rings. The molecule has 0 aliphatic carbocycles. The van der Waals surface area contributed by atoms with Crippen molar-refractivity contribution in [1.29, 1.82) is 0 Å². The summed E-state index contributed by atoms with van der Waals surface area (Å²) in [5, 5.41) is 0. The Balaban J connectivity index is 1.45. The van der Waals surface area contributed by atoms with Gasteiger partial charge in [0.15, 0.2) is 0 Å². The second kappa shape index (κ2) is 10.1. The number of rotatable bonds is 7. The lowest BCUT2D eigenvalue weighted by Crippen LogP contribution is -2.47. The van der Waals surface area contributed by atoms with Crippen LogP contribution in [-0.2, 0) is 0 Å². The molecule has 0 N–H and O–H groups in total. The molecule has 0 bridgehead atoms. The molecule has 5 rings (SSSR count). The molecule has 0 aromatic heterocycles. The summed E-state index contributed by atoms with van der Waals surface area (Å²) in [6, 6.07) is 30.1. The molecule has 2 unspecified atom stereocenters. The summed E-state index contributed by atoms with van der Waals surface area (Å²) in [6.45, 7) is 4.61. The van der Waals surface area contributed by atoms with Crippen molar-refractivity contribution in [3.63, 3.8) is 0 Å². The van der Waals surface area contributed by atoms with Crippen LogP contribution in [0.25, 0.3) is 0 Å². The van der Waals surface area contributed by atoms with E-state index in [1.807, 2.05) is 30.3 Å². The second-order valence-corrected chi connectivity index (χ2v) is 8.70. The van der Waals surface area contributed by atoms with Gasteiger partial charge in [0.05, 0.1) is 24.4 Å². The minimum Gasteiger partial charge on any atom is -0.492 e. The predicted molar refractivity (Wildman–Crippen MR) is 130 cm³/mol. The van der Waals surface area contributed by atoms with E-state index in [2.05, 4.69) is 64.4 Å². The first-order valence-electron chi connectivity index (χ1n) is 11.8. The Morgan fingerprint density at radius 2 is 1.53 bits per heavy atom. The highest BCUT2D eigenvalue weighted by Crippen LogP contribution is 2.39. The SMILES string of the molecule is c1ccc(OCC(CN2c3ccccc3OCCC2c2ccccc2)N2CCCC2)cc1. The molecule has 1 saturated heterocycles. The molecule has 0 amide bonds. The normalized spacial score (nSPS) is 19.6. The first-order valence-corrected chi connectivity index (χ1v) is 11.8. The van der Waals surface area contributed by atoms with Crippen LogP contribution in [0.4, 0.5) is 5.69 Å². The first kappa shape index (κ1) is 20.9. The zero-order valence-electron chi connectivity index (χ0n) is 18.6. The van der Waals surface area contributed by atoms with Gasteiger partial charge in [0.1, 0.15) is 18.1 Å². The molecule has 0 saturated carbocycles. The monoisotopic (exact) mass is 428 g/mol. The van der Waals surface area contributed by atoms with Crippen LogP contribution in [0.5, 0.6) is 11.5 Å². The van der Waals surface area contributed by atoms with Gasteiger partial charge in [0.25, 0.3) is 0 Å². The number of hydrogen-bond acceptors (Lipinski definition) is 4. The van der Waals surface area contributed by atoms with E-state index in [-0.39, 0.29) is 6.04 Å². The van der Waals surface area contributed by atoms with Gasteiger partial charge in [0.2, 0.25) is 0 Å². The summed E-state index contributed by atoms with van der Waals surface area (Å²) in [5.74, 6) is 1.92. The Labute approximate surface area is 191 Å². The van der Waals surface area contributed by atoms with Crippen LogP contribution in [0.2, 0.25) is 0 Å². The van der Waals surface area contributed by atoms with E-state index in [9.17, 15) is 0 Å². The molecule has 2 atom stereocenters. The van der Waals surface area contributed by atoms with Crippen LogP contribution in [0, 0.1) is 0 Å². The molecule has 0 radical (unpaired) electrons. The van der Waals surface area contributed by atoms with Crippen molar-refractivity contribution < 1.29 is 9.47 Å². The molecule has 3 aromatic carbocycles. The lowest BCUT2D eigenvalue weighted by molar-refractivity contribution is 0.160. The van der Waals surface area contributed by atoms with Crippen molar-refractivity contribution in [1.82, 2.24) is 4.90 Å². The smallest absolute Gasteiger partial charge is 0.142 e. The molecule has 2 heterocycles. The number of hydrogen-bond donors (Lipinski definition) is 0. The van der Waals surface area contributed by atoms with Crippen molar-refractivity contribution in [2.75, 3.05) is 37.7 Å². The molecule has 4 heteroatoms. The Hall–Kier alpha value is -2.98. The van der Waals surface area contributed by atoms with E-state index in [1.165, 1.54) is 24.1 Å². The van der Waals surface area contributed by atoms with Crippen LogP contribution < -0.4 is 14.4 Å². The molecule has 32 heavy (non-hydrogen) atoms. The average molecular weight is 429 g/mol. The fourth-order valence-electron chi connectivity index (χ4n) is 4.98. The average Bonchev–Trinajstić information content (AvgIpc) is 3.33. The maximum absolute atomic E-state index is 6.28. The van der Waals surface area contributed by atoms with Crippen molar-refractivity contribution in [2.45, 2.75) is 31.3 Å². The number of ether oxygens (including phenoxy) is 2. The third kappa shape index (κ3) is 4.76. The molecular weight excluding hydrogens is 396 g/mol. The molecule has 4 nitrogen and oxygen atoms in total. The van der Waals surface area contributed by atoms with E-state index < -0.39 is 0 Å².